The topological polar surface area (TPSA) is 38.2 Å². The summed E-state index contributed by atoms with van der Waals surface area (Å²) in [5.74, 6) is 1.18. The molecule has 0 unspecified atom stereocenters. The number of aryl methyl sites for hydroxylation is 4. The molecule has 1 aromatic carbocycles. The van der Waals surface area contributed by atoms with Crippen LogP contribution in [-0.2, 0) is 5.41 Å². The van der Waals surface area contributed by atoms with Crippen LogP contribution in [0.2, 0.25) is 0 Å². The number of benzene rings is 1. The first kappa shape index (κ1) is 18.5. The molecule has 0 aliphatic carbocycles. The summed E-state index contributed by atoms with van der Waals surface area (Å²) in [7, 11) is 0. The molecule has 0 radical (unpaired) electrons. The van der Waals surface area contributed by atoms with Gasteiger partial charge in [0.2, 0.25) is 11.8 Å². The Hall–Kier alpha value is -2.88. The molecule has 1 aliphatic rings. The number of pyridine rings is 2. The maximum absolute atomic E-state index is 6.03. The van der Waals surface area contributed by atoms with Crippen LogP contribution in [0.3, 0.4) is 0 Å². The Kier molecular flexibility index (Phi) is 4.18. The van der Waals surface area contributed by atoms with Crippen molar-refractivity contribution < 1.29 is 4.74 Å². The van der Waals surface area contributed by atoms with Crippen molar-refractivity contribution in [3.05, 3.63) is 64.5 Å². The number of nitrogens with zero attached hydrogens (tertiary/aromatic N) is 3. The third-order valence-electron chi connectivity index (χ3n) is 5.19. The van der Waals surface area contributed by atoms with Crippen molar-refractivity contribution in [3.8, 4) is 11.8 Å². The van der Waals surface area contributed by atoms with Crippen LogP contribution in [0.5, 0.6) is 11.8 Å². The smallest absolute Gasteiger partial charge is 0.245 e. The summed E-state index contributed by atoms with van der Waals surface area (Å²) >= 11 is 0. The van der Waals surface area contributed by atoms with E-state index in [4.69, 9.17) is 4.74 Å². The van der Waals surface area contributed by atoms with Crippen molar-refractivity contribution in [1.29, 1.82) is 0 Å². The van der Waals surface area contributed by atoms with Gasteiger partial charge in [-0.1, -0.05) is 32.9 Å². The minimum Gasteiger partial charge on any atom is -0.416 e. The zero-order chi connectivity index (χ0) is 20.2. The van der Waals surface area contributed by atoms with Crippen LogP contribution in [-0.4, -0.2) is 9.97 Å². The third-order valence-corrected chi connectivity index (χ3v) is 5.19. The van der Waals surface area contributed by atoms with Gasteiger partial charge < -0.3 is 9.64 Å². The molecule has 28 heavy (non-hydrogen) atoms. The molecule has 2 aromatic heterocycles. The summed E-state index contributed by atoms with van der Waals surface area (Å²) in [6, 6.07) is 8.85. The molecule has 3 heterocycles. The molecule has 0 amide bonds. The number of fused-ring (bicyclic) bond motifs is 2. The molecule has 0 saturated heterocycles. The van der Waals surface area contributed by atoms with Gasteiger partial charge in [-0.25, -0.2) is 9.97 Å². The molecule has 4 rings (SSSR count). The van der Waals surface area contributed by atoms with Crippen LogP contribution in [0.25, 0.3) is 0 Å². The van der Waals surface area contributed by atoms with Crippen molar-refractivity contribution >= 4 is 17.1 Å². The van der Waals surface area contributed by atoms with Gasteiger partial charge in [-0.2, -0.15) is 0 Å². The zero-order valence-electron chi connectivity index (χ0n) is 17.7. The lowest BCUT2D eigenvalue weighted by atomic mass is 9.84. The van der Waals surface area contributed by atoms with Gasteiger partial charge in [0.25, 0.3) is 0 Å². The van der Waals surface area contributed by atoms with Crippen molar-refractivity contribution in [1.82, 2.24) is 9.97 Å². The van der Waals surface area contributed by atoms with E-state index in [9.17, 15) is 0 Å². The Balaban J connectivity index is 2.00. The number of ether oxygens (including phenoxy) is 1. The van der Waals surface area contributed by atoms with Crippen molar-refractivity contribution in [2.24, 2.45) is 0 Å². The predicted octanol–water partition coefficient (Wildman–Crippen LogP) is 6.58. The van der Waals surface area contributed by atoms with E-state index in [1.807, 2.05) is 12.4 Å². The van der Waals surface area contributed by atoms with Gasteiger partial charge in [-0.05, 0) is 73.1 Å². The van der Waals surface area contributed by atoms with Crippen molar-refractivity contribution in [3.63, 3.8) is 0 Å². The zero-order valence-corrected chi connectivity index (χ0v) is 17.7. The van der Waals surface area contributed by atoms with Crippen LogP contribution in [0.4, 0.5) is 17.1 Å². The summed E-state index contributed by atoms with van der Waals surface area (Å²) < 4.78 is 6.03. The van der Waals surface area contributed by atoms with Crippen LogP contribution in [0.15, 0.2) is 36.7 Å². The van der Waals surface area contributed by atoms with E-state index < -0.39 is 0 Å². The van der Waals surface area contributed by atoms with Gasteiger partial charge in [0.05, 0.1) is 5.69 Å². The fraction of sp³-hybridized carbons (Fsp3) is 0.333. The van der Waals surface area contributed by atoms with Gasteiger partial charge in [-0.15, -0.1) is 0 Å². The van der Waals surface area contributed by atoms with E-state index in [1.54, 1.807) is 0 Å². The Labute approximate surface area is 167 Å². The van der Waals surface area contributed by atoms with Crippen LogP contribution in [0, 0.1) is 27.7 Å². The van der Waals surface area contributed by atoms with E-state index in [0.717, 1.165) is 22.5 Å². The van der Waals surface area contributed by atoms with Gasteiger partial charge >= 0.3 is 0 Å². The van der Waals surface area contributed by atoms with Crippen LogP contribution in [0.1, 0.15) is 48.6 Å². The average Bonchev–Trinajstić information content (AvgIpc) is 2.60. The minimum atomic E-state index is 0.102. The Morgan fingerprint density at radius 1 is 0.750 bits per heavy atom. The van der Waals surface area contributed by atoms with Gasteiger partial charge in [-0.3, -0.25) is 0 Å². The fourth-order valence-electron chi connectivity index (χ4n) is 3.76. The first-order valence-electron chi connectivity index (χ1n) is 9.68. The van der Waals surface area contributed by atoms with E-state index in [2.05, 4.69) is 87.6 Å². The molecule has 0 atom stereocenters. The second-order valence-corrected chi connectivity index (χ2v) is 8.82. The van der Waals surface area contributed by atoms with Crippen molar-refractivity contribution in [2.45, 2.75) is 53.9 Å². The minimum absolute atomic E-state index is 0.102. The number of anilines is 3. The second kappa shape index (κ2) is 6.33. The highest BCUT2D eigenvalue weighted by atomic mass is 16.5. The molecule has 4 nitrogen and oxygen atoms in total. The summed E-state index contributed by atoms with van der Waals surface area (Å²) in [6.07, 6.45) is 3.66. The lowest BCUT2D eigenvalue weighted by molar-refractivity contribution is 0.438. The first-order chi connectivity index (χ1) is 13.1. The standard InChI is InChI=1S/C24H27N3O/c1-14-8-19-22(25-12-14)28-23-20(9-15(2)13-26-23)27(19)21-16(3)10-18(11-17(21)4)24(5,6)7/h8-13H,1-7H3. The SMILES string of the molecule is Cc1cnc2c(c1)N(c1c(C)cc(C(C)(C)C)cc1C)c1cc(C)cnc1O2. The molecular weight excluding hydrogens is 346 g/mol. The predicted molar refractivity (Wildman–Crippen MR) is 114 cm³/mol. The molecule has 0 spiro atoms. The molecule has 0 bridgehead atoms. The molecule has 4 heteroatoms. The number of hydrogen-bond acceptors (Lipinski definition) is 4. The Morgan fingerprint density at radius 3 is 1.64 bits per heavy atom. The lowest BCUT2D eigenvalue weighted by Crippen LogP contribution is -2.20. The number of rotatable bonds is 1. The number of aromatic nitrogens is 2. The Bertz CT molecular complexity index is 1010. The van der Waals surface area contributed by atoms with E-state index in [0.29, 0.717) is 11.8 Å². The third kappa shape index (κ3) is 3.03. The maximum Gasteiger partial charge on any atom is 0.245 e. The average molecular weight is 374 g/mol. The highest BCUT2D eigenvalue weighted by Gasteiger charge is 2.30. The molecular formula is C24H27N3O. The highest BCUT2D eigenvalue weighted by Crippen LogP contribution is 2.50. The molecule has 0 saturated carbocycles. The number of hydrogen-bond donors (Lipinski definition) is 0. The van der Waals surface area contributed by atoms with E-state index in [1.165, 1.54) is 22.4 Å². The van der Waals surface area contributed by atoms with E-state index in [-0.39, 0.29) is 5.41 Å². The summed E-state index contributed by atoms with van der Waals surface area (Å²) in [4.78, 5) is 11.3. The maximum atomic E-state index is 6.03. The molecule has 144 valence electrons. The lowest BCUT2D eigenvalue weighted by Gasteiger charge is -2.34. The summed E-state index contributed by atoms with van der Waals surface area (Å²) in [5.41, 5.74) is 9.16. The van der Waals surface area contributed by atoms with Gasteiger partial charge in [0.15, 0.2) is 0 Å². The quantitative estimate of drug-likeness (QED) is 0.377. The fourth-order valence-corrected chi connectivity index (χ4v) is 3.76. The monoisotopic (exact) mass is 373 g/mol. The molecule has 3 aromatic rings. The molecule has 0 fully saturated rings. The van der Waals surface area contributed by atoms with Gasteiger partial charge in [0.1, 0.15) is 11.4 Å². The highest BCUT2D eigenvalue weighted by molar-refractivity contribution is 5.87. The molecule has 0 N–H and O–H groups in total. The van der Waals surface area contributed by atoms with E-state index >= 15 is 0 Å². The summed E-state index contributed by atoms with van der Waals surface area (Å²) in [5, 5.41) is 0. The largest absolute Gasteiger partial charge is 0.416 e. The Morgan fingerprint density at radius 2 is 1.21 bits per heavy atom. The molecule has 1 aliphatic heterocycles. The summed E-state index contributed by atoms with van der Waals surface area (Å²) in [6.45, 7) is 15.2. The van der Waals surface area contributed by atoms with Crippen molar-refractivity contribution in [2.75, 3.05) is 4.90 Å². The van der Waals surface area contributed by atoms with Crippen LogP contribution < -0.4 is 9.64 Å². The van der Waals surface area contributed by atoms with Gasteiger partial charge in [0, 0.05) is 12.4 Å². The second-order valence-electron chi connectivity index (χ2n) is 8.82. The first-order valence-corrected chi connectivity index (χ1v) is 9.68. The normalized spacial score (nSPS) is 13.0. The van der Waals surface area contributed by atoms with Crippen LogP contribution >= 0.6 is 0 Å².